The lowest BCUT2D eigenvalue weighted by Crippen LogP contribution is -2.33. The van der Waals surface area contributed by atoms with E-state index in [0.29, 0.717) is 23.5 Å². The van der Waals surface area contributed by atoms with E-state index in [0.717, 1.165) is 6.42 Å². The van der Waals surface area contributed by atoms with Gasteiger partial charge in [0.05, 0.1) is 30.4 Å². The Morgan fingerprint density at radius 2 is 1.79 bits per heavy atom. The van der Waals surface area contributed by atoms with E-state index in [1.54, 1.807) is 48.5 Å². The van der Waals surface area contributed by atoms with Crippen molar-refractivity contribution in [1.82, 2.24) is 5.43 Å². The van der Waals surface area contributed by atoms with Gasteiger partial charge < -0.3 is 18.9 Å². The van der Waals surface area contributed by atoms with Crippen LogP contribution in [0.1, 0.15) is 36.2 Å². The molecule has 38 heavy (non-hydrogen) atoms. The molecular formula is C27H27N3O8. The third-order valence-electron chi connectivity index (χ3n) is 5.08. The van der Waals surface area contributed by atoms with Gasteiger partial charge in [0, 0.05) is 6.07 Å². The van der Waals surface area contributed by atoms with Gasteiger partial charge in [-0.25, -0.2) is 10.2 Å². The number of nitrogens with one attached hydrogen (secondary N) is 1. The van der Waals surface area contributed by atoms with Gasteiger partial charge in [0.25, 0.3) is 5.91 Å². The van der Waals surface area contributed by atoms with Crippen LogP contribution < -0.4 is 24.4 Å². The topological polar surface area (TPSA) is 139 Å². The van der Waals surface area contributed by atoms with Crippen LogP contribution in [0.4, 0.5) is 5.69 Å². The molecule has 1 unspecified atom stereocenters. The molecule has 0 radical (unpaired) electrons. The first-order chi connectivity index (χ1) is 18.3. The quantitative estimate of drug-likeness (QED) is 0.121. The lowest BCUT2D eigenvalue weighted by Gasteiger charge is -2.13. The monoisotopic (exact) mass is 521 g/mol. The van der Waals surface area contributed by atoms with Crippen molar-refractivity contribution in [3.8, 4) is 23.0 Å². The van der Waals surface area contributed by atoms with E-state index < -0.39 is 22.9 Å². The second kappa shape index (κ2) is 13.4. The van der Waals surface area contributed by atoms with Crippen LogP contribution in [-0.4, -0.2) is 42.8 Å². The van der Waals surface area contributed by atoms with Crippen LogP contribution in [-0.2, 0) is 4.79 Å². The standard InChI is InChI=1S/C27H27N3O8/c1-4-15-36-21-12-10-20(11-13-21)27(32)38-24-14-9-19(16-25(24)35-3)17-28-29-26(31)18(2)37-23-8-6-5-7-22(23)30(33)34/h5-14,16-18H,4,15H2,1-3H3,(H,29,31)/b28-17+. The Bertz CT molecular complexity index is 1310. The van der Waals surface area contributed by atoms with Gasteiger partial charge in [-0.1, -0.05) is 19.1 Å². The molecule has 1 atom stereocenters. The molecule has 0 saturated carbocycles. The zero-order chi connectivity index (χ0) is 27.5. The number of ether oxygens (including phenoxy) is 4. The molecule has 3 aromatic rings. The van der Waals surface area contributed by atoms with Crippen LogP contribution in [0.15, 0.2) is 71.8 Å². The zero-order valence-corrected chi connectivity index (χ0v) is 21.1. The SMILES string of the molecule is CCCOc1ccc(C(=O)Oc2ccc(/C=N/NC(=O)C(C)Oc3ccccc3[N+](=O)[O-])cc2OC)cc1. The molecule has 0 aliphatic heterocycles. The second-order valence-corrected chi connectivity index (χ2v) is 7.89. The fourth-order valence-corrected chi connectivity index (χ4v) is 3.13. The van der Waals surface area contributed by atoms with Crippen molar-refractivity contribution in [3.05, 3.63) is 88.0 Å². The molecule has 0 aliphatic carbocycles. The molecule has 198 valence electrons. The van der Waals surface area contributed by atoms with Crippen molar-refractivity contribution in [2.45, 2.75) is 26.4 Å². The number of rotatable bonds is 12. The van der Waals surface area contributed by atoms with E-state index in [2.05, 4.69) is 10.5 Å². The summed E-state index contributed by atoms with van der Waals surface area (Å²) in [7, 11) is 1.43. The number of benzene rings is 3. The summed E-state index contributed by atoms with van der Waals surface area (Å²) in [5, 5.41) is 15.0. The second-order valence-electron chi connectivity index (χ2n) is 7.89. The molecule has 11 nitrogen and oxygen atoms in total. The van der Waals surface area contributed by atoms with Crippen molar-refractivity contribution >= 4 is 23.8 Å². The fraction of sp³-hybridized carbons (Fsp3) is 0.222. The highest BCUT2D eigenvalue weighted by atomic mass is 16.6. The Balaban J connectivity index is 1.59. The highest BCUT2D eigenvalue weighted by Gasteiger charge is 2.20. The summed E-state index contributed by atoms with van der Waals surface area (Å²) >= 11 is 0. The molecule has 0 fully saturated rings. The molecule has 0 bridgehead atoms. The molecule has 0 saturated heterocycles. The summed E-state index contributed by atoms with van der Waals surface area (Å²) in [5.74, 6) is -0.0467. The predicted octanol–water partition coefficient (Wildman–Crippen LogP) is 4.53. The minimum Gasteiger partial charge on any atom is -0.494 e. The van der Waals surface area contributed by atoms with E-state index in [1.807, 2.05) is 6.92 Å². The summed E-state index contributed by atoms with van der Waals surface area (Å²) in [6.45, 7) is 4.04. The van der Waals surface area contributed by atoms with Crippen LogP contribution in [0.5, 0.6) is 23.0 Å². The molecule has 0 aliphatic rings. The third-order valence-corrected chi connectivity index (χ3v) is 5.08. The number of hydrogen-bond acceptors (Lipinski definition) is 9. The van der Waals surface area contributed by atoms with E-state index in [1.165, 1.54) is 38.4 Å². The lowest BCUT2D eigenvalue weighted by molar-refractivity contribution is -0.386. The minimum absolute atomic E-state index is 0.0280. The lowest BCUT2D eigenvalue weighted by atomic mass is 10.2. The number of methoxy groups -OCH3 is 1. The summed E-state index contributed by atoms with van der Waals surface area (Å²) in [5.41, 5.74) is 2.97. The number of nitro groups is 1. The molecule has 0 spiro atoms. The maximum absolute atomic E-state index is 12.6. The molecule has 1 amide bonds. The Labute approximate surface area is 219 Å². The number of carbonyl (C=O) groups excluding carboxylic acids is 2. The van der Waals surface area contributed by atoms with E-state index in [-0.39, 0.29) is 22.9 Å². The number of hydrazone groups is 1. The first-order valence-corrected chi connectivity index (χ1v) is 11.7. The summed E-state index contributed by atoms with van der Waals surface area (Å²) < 4.78 is 21.7. The number of hydrogen-bond donors (Lipinski definition) is 1. The number of amides is 1. The predicted molar refractivity (Wildman–Crippen MR) is 139 cm³/mol. The van der Waals surface area contributed by atoms with Gasteiger partial charge in [0.2, 0.25) is 0 Å². The molecule has 0 aromatic heterocycles. The highest BCUT2D eigenvalue weighted by Crippen LogP contribution is 2.29. The Morgan fingerprint density at radius 3 is 2.47 bits per heavy atom. The molecule has 3 aromatic carbocycles. The number of nitrogens with zero attached hydrogens (tertiary/aromatic N) is 2. The van der Waals surface area contributed by atoms with E-state index in [4.69, 9.17) is 18.9 Å². The van der Waals surface area contributed by atoms with Crippen LogP contribution >= 0.6 is 0 Å². The highest BCUT2D eigenvalue weighted by molar-refractivity contribution is 5.92. The smallest absolute Gasteiger partial charge is 0.343 e. The molecule has 0 heterocycles. The van der Waals surface area contributed by atoms with Crippen molar-refractivity contribution in [1.29, 1.82) is 0 Å². The molecule has 11 heteroatoms. The first-order valence-electron chi connectivity index (χ1n) is 11.7. The number of carbonyl (C=O) groups is 2. The molecule has 1 N–H and O–H groups in total. The van der Waals surface area contributed by atoms with Gasteiger partial charge in [-0.2, -0.15) is 5.10 Å². The van der Waals surface area contributed by atoms with Crippen molar-refractivity contribution in [3.63, 3.8) is 0 Å². The van der Waals surface area contributed by atoms with Crippen LogP contribution in [0.2, 0.25) is 0 Å². The number of nitro benzene ring substituents is 1. The minimum atomic E-state index is -1.04. The maximum Gasteiger partial charge on any atom is 0.343 e. The van der Waals surface area contributed by atoms with Gasteiger partial charge in [-0.05, 0) is 67.4 Å². The maximum atomic E-state index is 12.6. The van der Waals surface area contributed by atoms with Crippen molar-refractivity contribution < 1.29 is 33.5 Å². The molecular weight excluding hydrogens is 494 g/mol. The Hall–Kier alpha value is -4.93. The fourth-order valence-electron chi connectivity index (χ4n) is 3.13. The number of para-hydroxylation sites is 2. The first kappa shape index (κ1) is 27.7. The van der Waals surface area contributed by atoms with E-state index >= 15 is 0 Å². The van der Waals surface area contributed by atoms with Crippen molar-refractivity contribution in [2.24, 2.45) is 5.10 Å². The van der Waals surface area contributed by atoms with Gasteiger partial charge in [0.15, 0.2) is 23.4 Å². The van der Waals surface area contributed by atoms with Gasteiger partial charge >= 0.3 is 11.7 Å². The van der Waals surface area contributed by atoms with Gasteiger partial charge in [-0.3, -0.25) is 14.9 Å². The van der Waals surface area contributed by atoms with Gasteiger partial charge in [-0.15, -0.1) is 0 Å². The summed E-state index contributed by atoms with van der Waals surface area (Å²) in [4.78, 5) is 35.4. The van der Waals surface area contributed by atoms with Crippen LogP contribution in [0.25, 0.3) is 0 Å². The normalized spacial score (nSPS) is 11.4. The average Bonchev–Trinajstić information content (AvgIpc) is 2.92. The molecule has 3 rings (SSSR count). The van der Waals surface area contributed by atoms with Crippen LogP contribution in [0.3, 0.4) is 0 Å². The zero-order valence-electron chi connectivity index (χ0n) is 21.1. The van der Waals surface area contributed by atoms with Crippen molar-refractivity contribution in [2.75, 3.05) is 13.7 Å². The van der Waals surface area contributed by atoms with Gasteiger partial charge in [0.1, 0.15) is 5.75 Å². The largest absolute Gasteiger partial charge is 0.494 e. The third kappa shape index (κ3) is 7.53. The van der Waals surface area contributed by atoms with E-state index in [9.17, 15) is 19.7 Å². The average molecular weight is 522 g/mol. The Morgan fingerprint density at radius 1 is 1.05 bits per heavy atom. The summed E-state index contributed by atoms with van der Waals surface area (Å²) in [6, 6.07) is 17.1. The Kier molecular flexibility index (Phi) is 9.75. The van der Waals surface area contributed by atoms with Crippen LogP contribution in [0, 0.1) is 10.1 Å². The number of esters is 1. The summed E-state index contributed by atoms with van der Waals surface area (Å²) in [6.07, 6.45) is 1.20.